The van der Waals surface area contributed by atoms with Crippen LogP contribution in [0.3, 0.4) is 0 Å². The number of hydrogen-bond donors (Lipinski definition) is 2. The van der Waals surface area contributed by atoms with Gasteiger partial charge in [-0.25, -0.2) is 9.37 Å². The minimum Gasteiger partial charge on any atom is -0.494 e. The van der Waals surface area contributed by atoms with Crippen molar-refractivity contribution in [2.45, 2.75) is 37.5 Å². The zero-order chi connectivity index (χ0) is 30.7. The third kappa shape index (κ3) is 6.38. The van der Waals surface area contributed by atoms with Crippen LogP contribution in [0.1, 0.15) is 35.8 Å². The van der Waals surface area contributed by atoms with Crippen molar-refractivity contribution in [1.29, 1.82) is 0 Å². The highest BCUT2D eigenvalue weighted by molar-refractivity contribution is 6.31. The number of ether oxygens (including phenoxy) is 3. The number of hydrogen-bond acceptors (Lipinski definition) is 6. The molecule has 4 rings (SSSR count). The van der Waals surface area contributed by atoms with Crippen LogP contribution in [0, 0.1) is 5.82 Å². The zero-order valence-electron chi connectivity index (χ0n) is 22.9. The zero-order valence-corrected chi connectivity index (χ0v) is 23.7. The van der Waals surface area contributed by atoms with Crippen molar-refractivity contribution in [3.05, 3.63) is 70.6 Å². The van der Waals surface area contributed by atoms with Crippen LogP contribution < -0.4 is 24.8 Å². The number of carbonyl (C=O) groups is 2. The van der Waals surface area contributed by atoms with Gasteiger partial charge < -0.3 is 24.8 Å². The van der Waals surface area contributed by atoms with Crippen molar-refractivity contribution in [2.75, 3.05) is 27.3 Å². The van der Waals surface area contributed by atoms with Crippen molar-refractivity contribution in [1.82, 2.24) is 15.6 Å². The number of nitrogens with zero attached hydrogens (tertiary/aromatic N) is 1. The molecule has 1 fully saturated rings. The van der Waals surface area contributed by atoms with E-state index in [4.69, 9.17) is 25.8 Å². The van der Waals surface area contributed by atoms with E-state index in [2.05, 4.69) is 15.6 Å². The molecular weight excluding hydrogens is 582 g/mol. The molecule has 42 heavy (non-hydrogen) atoms. The first-order valence-electron chi connectivity index (χ1n) is 12.9. The number of nitrogens with one attached hydrogen (secondary N) is 2. The largest absolute Gasteiger partial charge is 0.494 e. The predicted octanol–water partition coefficient (Wildman–Crippen LogP) is 5.47. The summed E-state index contributed by atoms with van der Waals surface area (Å²) in [5.74, 6) is -1.27. The summed E-state index contributed by atoms with van der Waals surface area (Å²) in [6.45, 7) is 0.608. The minimum absolute atomic E-state index is 0.0150. The molecule has 13 heteroatoms. The van der Waals surface area contributed by atoms with Crippen LogP contribution in [0.25, 0.3) is 11.3 Å². The van der Waals surface area contributed by atoms with Crippen molar-refractivity contribution in [3.63, 3.8) is 0 Å². The number of piperidine rings is 1. The molecule has 1 aliphatic heterocycles. The fraction of sp³-hybridized carbons (Fsp3) is 0.345. The number of aromatic nitrogens is 1. The highest BCUT2D eigenvalue weighted by Gasteiger charge is 2.53. The molecule has 0 spiro atoms. The Bertz CT molecular complexity index is 1490. The summed E-state index contributed by atoms with van der Waals surface area (Å²) in [7, 11) is 2.66. The molecular formula is C29H28ClF4N3O5. The van der Waals surface area contributed by atoms with Crippen LogP contribution in [-0.2, 0) is 10.2 Å². The lowest BCUT2D eigenvalue weighted by molar-refractivity contribution is -0.184. The molecule has 2 atom stereocenters. The van der Waals surface area contributed by atoms with E-state index >= 15 is 0 Å². The second-order valence-electron chi connectivity index (χ2n) is 9.79. The molecule has 0 bridgehead atoms. The maximum atomic E-state index is 14.5. The highest BCUT2D eigenvalue weighted by atomic mass is 35.5. The van der Waals surface area contributed by atoms with E-state index in [1.54, 1.807) is 0 Å². The first-order valence-corrected chi connectivity index (χ1v) is 13.2. The van der Waals surface area contributed by atoms with Gasteiger partial charge >= 0.3 is 6.18 Å². The molecule has 224 valence electrons. The second-order valence-corrected chi connectivity index (χ2v) is 10.2. The lowest BCUT2D eigenvalue weighted by atomic mass is 9.84. The highest BCUT2D eigenvalue weighted by Crippen LogP contribution is 2.42. The molecule has 1 aliphatic rings. The summed E-state index contributed by atoms with van der Waals surface area (Å²) in [4.78, 5) is 29.3. The lowest BCUT2D eigenvalue weighted by Gasteiger charge is -2.32. The topological polar surface area (TPSA) is 98.8 Å². The van der Waals surface area contributed by atoms with E-state index in [0.717, 1.165) is 25.5 Å². The van der Waals surface area contributed by atoms with Crippen LogP contribution in [-0.4, -0.2) is 56.4 Å². The summed E-state index contributed by atoms with van der Waals surface area (Å²) in [6.07, 6.45) is -4.33. The molecule has 0 radical (unpaired) electrons. The third-order valence-corrected chi connectivity index (χ3v) is 7.28. The second kappa shape index (κ2) is 12.4. The summed E-state index contributed by atoms with van der Waals surface area (Å²) in [5.41, 5.74) is -2.76. The number of amides is 2. The molecule has 0 saturated carbocycles. The van der Waals surface area contributed by atoms with Gasteiger partial charge in [-0.1, -0.05) is 11.6 Å². The Morgan fingerprint density at radius 2 is 1.79 bits per heavy atom. The quantitative estimate of drug-likeness (QED) is 0.313. The average Bonchev–Trinajstić information content (AvgIpc) is 2.97. The van der Waals surface area contributed by atoms with Crippen molar-refractivity contribution < 1.29 is 41.4 Å². The first kappa shape index (κ1) is 30.9. The Kier molecular flexibility index (Phi) is 9.15. The molecule has 1 saturated heterocycles. The normalized spacial score (nSPS) is 16.7. The molecule has 1 aromatic heterocycles. The first-order chi connectivity index (χ1) is 19.9. The SMILES string of the molecule is COc1cc(C(=O)NCC(C)(c2ccc(OC)c(-c3ccc(F)c(Cl)c3)n2)C(F)(F)F)ccc1OC1CCCNC1=O. The number of rotatable bonds is 9. The van der Waals surface area contributed by atoms with E-state index < -0.39 is 41.7 Å². The van der Waals surface area contributed by atoms with Crippen LogP contribution in [0.4, 0.5) is 17.6 Å². The van der Waals surface area contributed by atoms with Crippen molar-refractivity contribution in [2.24, 2.45) is 0 Å². The number of alkyl halides is 3. The minimum atomic E-state index is -4.84. The lowest BCUT2D eigenvalue weighted by Crippen LogP contribution is -2.49. The maximum Gasteiger partial charge on any atom is 0.401 e. The van der Waals surface area contributed by atoms with Gasteiger partial charge in [0.05, 0.1) is 24.9 Å². The van der Waals surface area contributed by atoms with E-state index in [0.29, 0.717) is 13.0 Å². The third-order valence-electron chi connectivity index (χ3n) is 6.99. The standard InChI is InChI=1S/C29H28ClF4N3O5/c1-28(29(32,33)34,24-11-10-21(40-2)25(37-24)16-6-8-19(31)18(30)13-16)15-36-26(38)17-7-9-20(23(14-17)41-3)42-22-5-4-12-35-27(22)39/h6-11,13-14,22H,4-5,12,15H2,1-3H3,(H,35,39)(H,36,38). The summed E-state index contributed by atoms with van der Waals surface area (Å²) >= 11 is 5.89. The average molecular weight is 610 g/mol. The fourth-order valence-corrected chi connectivity index (χ4v) is 4.56. The number of carbonyl (C=O) groups excluding carboxylic acids is 2. The Labute approximate surface area is 244 Å². The van der Waals surface area contributed by atoms with Gasteiger partial charge in [0.25, 0.3) is 11.8 Å². The number of pyridine rings is 1. The fourth-order valence-electron chi connectivity index (χ4n) is 4.38. The molecule has 2 heterocycles. The van der Waals surface area contributed by atoms with Crippen molar-refractivity contribution >= 4 is 23.4 Å². The van der Waals surface area contributed by atoms with Crippen LogP contribution in [0.15, 0.2) is 48.5 Å². The van der Waals surface area contributed by atoms with Gasteiger partial charge in [-0.3, -0.25) is 9.59 Å². The Morgan fingerprint density at radius 1 is 1.07 bits per heavy atom. The van der Waals surface area contributed by atoms with E-state index in [-0.39, 0.29) is 45.0 Å². The molecule has 2 aromatic carbocycles. The molecule has 0 aliphatic carbocycles. The van der Waals surface area contributed by atoms with Gasteiger partial charge in [-0.2, -0.15) is 13.2 Å². The van der Waals surface area contributed by atoms with E-state index in [1.807, 2.05) is 0 Å². The summed E-state index contributed by atoms with van der Waals surface area (Å²) in [5, 5.41) is 4.82. The van der Waals surface area contributed by atoms with E-state index in [1.165, 1.54) is 50.6 Å². The number of halogens is 5. The van der Waals surface area contributed by atoms with Gasteiger partial charge in [-0.05, 0) is 68.3 Å². The van der Waals surface area contributed by atoms with Gasteiger partial charge in [0.2, 0.25) is 0 Å². The Balaban J connectivity index is 1.59. The molecule has 2 amide bonds. The number of benzene rings is 2. The maximum absolute atomic E-state index is 14.5. The van der Waals surface area contributed by atoms with Crippen LogP contribution in [0.2, 0.25) is 5.02 Å². The molecule has 2 N–H and O–H groups in total. The van der Waals surface area contributed by atoms with Gasteiger partial charge in [0.1, 0.15) is 22.7 Å². The van der Waals surface area contributed by atoms with Gasteiger partial charge in [0.15, 0.2) is 17.6 Å². The van der Waals surface area contributed by atoms with Crippen LogP contribution in [0.5, 0.6) is 17.2 Å². The number of methoxy groups -OCH3 is 2. The molecule has 2 unspecified atom stereocenters. The van der Waals surface area contributed by atoms with Crippen molar-refractivity contribution in [3.8, 4) is 28.5 Å². The monoisotopic (exact) mass is 609 g/mol. The summed E-state index contributed by atoms with van der Waals surface area (Å²) in [6, 6.07) is 10.2. The Hall–Kier alpha value is -4.06. The van der Waals surface area contributed by atoms with Gasteiger partial charge in [0, 0.05) is 24.2 Å². The van der Waals surface area contributed by atoms with E-state index in [9.17, 15) is 27.2 Å². The molecule has 8 nitrogen and oxygen atoms in total. The van der Waals surface area contributed by atoms with Crippen LogP contribution >= 0.6 is 11.6 Å². The Morgan fingerprint density at radius 3 is 2.43 bits per heavy atom. The summed E-state index contributed by atoms with van der Waals surface area (Å²) < 4.78 is 73.7. The predicted molar refractivity (Wildman–Crippen MR) is 147 cm³/mol. The van der Waals surface area contributed by atoms with Gasteiger partial charge in [-0.15, -0.1) is 0 Å². The smallest absolute Gasteiger partial charge is 0.401 e. The molecule has 3 aromatic rings.